The Morgan fingerprint density at radius 3 is 2.14 bits per heavy atom. The summed E-state index contributed by atoms with van der Waals surface area (Å²) in [5.74, 6) is 0.748. The van der Waals surface area contributed by atoms with Gasteiger partial charge >= 0.3 is 0 Å². The summed E-state index contributed by atoms with van der Waals surface area (Å²) in [5.41, 5.74) is 2.94. The lowest BCUT2D eigenvalue weighted by Gasteiger charge is -2.22. The number of nitrogens with zero attached hydrogens (tertiary/aromatic N) is 2. The second kappa shape index (κ2) is 10.6. The van der Waals surface area contributed by atoms with Crippen LogP contribution in [0.25, 0.3) is 0 Å². The number of rotatable bonds is 8. The minimum absolute atomic E-state index is 0.0234. The van der Waals surface area contributed by atoms with E-state index in [0.29, 0.717) is 13.1 Å². The molecule has 2 N–H and O–H groups in total. The molecule has 0 aliphatic rings. The largest absolute Gasteiger partial charge is 0.352 e. The molecule has 2 aromatic rings. The monoisotopic (exact) mass is 436 g/mol. The van der Waals surface area contributed by atoms with Crippen molar-refractivity contribution in [2.24, 2.45) is 4.99 Å². The van der Waals surface area contributed by atoms with Crippen LogP contribution in [0.1, 0.15) is 30.5 Å². The summed E-state index contributed by atoms with van der Waals surface area (Å²) in [7, 11) is 0.398. The molecule has 2 aromatic carbocycles. The summed E-state index contributed by atoms with van der Waals surface area (Å²) in [5, 5.41) is 4.05. The normalized spacial score (nSPS) is 12.3. The highest BCUT2D eigenvalue weighted by Gasteiger charge is 2.13. The first-order chi connectivity index (χ1) is 13.7. The highest BCUT2D eigenvalue weighted by molar-refractivity contribution is 7.88. The Balaban J connectivity index is 1.91. The number of nitrogens with one attached hydrogen (secondary N) is 2. The van der Waals surface area contributed by atoms with E-state index < -0.39 is 10.0 Å². The van der Waals surface area contributed by atoms with E-state index in [2.05, 4.69) is 15.0 Å². The lowest BCUT2D eigenvalue weighted by Crippen LogP contribution is -2.38. The van der Waals surface area contributed by atoms with E-state index in [1.807, 2.05) is 74.3 Å². The number of hydrogen-bond acceptors (Lipinski definition) is 3. The SMILES string of the molecule is CN=C(NCc1ccc(CS(=O)(=O)NC(C)C)cc1)N(C)Cc1ccc(Cl)cc1. The van der Waals surface area contributed by atoms with E-state index >= 15 is 0 Å². The smallest absolute Gasteiger partial charge is 0.216 e. The molecule has 0 aromatic heterocycles. The predicted octanol–water partition coefficient (Wildman–Crippen LogP) is 3.38. The van der Waals surface area contributed by atoms with Crippen LogP contribution in [0.2, 0.25) is 5.02 Å². The summed E-state index contributed by atoms with van der Waals surface area (Å²) >= 11 is 5.94. The van der Waals surface area contributed by atoms with Crippen molar-refractivity contribution >= 4 is 27.6 Å². The Kier molecular flexibility index (Phi) is 8.49. The van der Waals surface area contributed by atoms with Crippen LogP contribution in [0.4, 0.5) is 0 Å². The lowest BCUT2D eigenvalue weighted by atomic mass is 10.1. The molecule has 0 radical (unpaired) electrons. The number of hydrogen-bond donors (Lipinski definition) is 2. The van der Waals surface area contributed by atoms with Gasteiger partial charge < -0.3 is 10.2 Å². The molecular weight excluding hydrogens is 408 g/mol. The highest BCUT2D eigenvalue weighted by Crippen LogP contribution is 2.12. The Bertz CT molecular complexity index is 911. The van der Waals surface area contributed by atoms with Crippen LogP contribution in [0.3, 0.4) is 0 Å². The minimum Gasteiger partial charge on any atom is -0.352 e. The predicted molar refractivity (Wildman–Crippen MR) is 120 cm³/mol. The summed E-state index contributed by atoms with van der Waals surface area (Å²) in [6.45, 7) is 4.91. The van der Waals surface area contributed by atoms with Gasteiger partial charge in [-0.3, -0.25) is 4.99 Å². The molecule has 0 heterocycles. The molecule has 0 spiro atoms. The van der Waals surface area contributed by atoms with Gasteiger partial charge in [0, 0.05) is 38.2 Å². The van der Waals surface area contributed by atoms with Crippen LogP contribution < -0.4 is 10.0 Å². The Morgan fingerprint density at radius 1 is 1.03 bits per heavy atom. The van der Waals surface area contributed by atoms with E-state index in [1.165, 1.54) is 0 Å². The maximum Gasteiger partial charge on any atom is 0.216 e. The summed E-state index contributed by atoms with van der Waals surface area (Å²) in [6, 6.07) is 15.2. The Labute approximate surface area is 179 Å². The fraction of sp³-hybridized carbons (Fsp3) is 0.381. The van der Waals surface area contributed by atoms with Crippen molar-refractivity contribution in [2.75, 3.05) is 14.1 Å². The van der Waals surface area contributed by atoms with Gasteiger partial charge in [-0.05, 0) is 42.7 Å². The average Bonchev–Trinajstić information content (AvgIpc) is 2.64. The van der Waals surface area contributed by atoms with Crippen molar-refractivity contribution in [3.05, 3.63) is 70.2 Å². The summed E-state index contributed by atoms with van der Waals surface area (Å²) < 4.78 is 26.7. The van der Waals surface area contributed by atoms with Gasteiger partial charge in [-0.2, -0.15) is 0 Å². The molecule has 0 aliphatic heterocycles. The fourth-order valence-electron chi connectivity index (χ4n) is 2.88. The van der Waals surface area contributed by atoms with E-state index in [9.17, 15) is 8.42 Å². The van der Waals surface area contributed by atoms with Crippen LogP contribution in [0, 0.1) is 0 Å². The molecule has 0 saturated carbocycles. The first kappa shape index (κ1) is 23.2. The third-order valence-electron chi connectivity index (χ3n) is 4.15. The van der Waals surface area contributed by atoms with Crippen LogP contribution in [-0.4, -0.2) is 39.4 Å². The molecule has 0 bridgehead atoms. The molecule has 0 aliphatic carbocycles. The molecule has 8 heteroatoms. The number of halogens is 1. The molecule has 0 unspecified atom stereocenters. The molecule has 0 atom stereocenters. The molecular formula is C21H29ClN4O2S. The minimum atomic E-state index is -3.32. The van der Waals surface area contributed by atoms with Gasteiger partial charge in [-0.25, -0.2) is 13.1 Å². The first-order valence-corrected chi connectivity index (χ1v) is 11.5. The summed E-state index contributed by atoms with van der Waals surface area (Å²) in [4.78, 5) is 6.36. The zero-order valence-electron chi connectivity index (χ0n) is 17.3. The van der Waals surface area contributed by atoms with Crippen LogP contribution in [-0.2, 0) is 28.9 Å². The van der Waals surface area contributed by atoms with Crippen LogP contribution >= 0.6 is 11.6 Å². The van der Waals surface area contributed by atoms with E-state index in [1.54, 1.807) is 7.05 Å². The van der Waals surface area contributed by atoms with Gasteiger partial charge in [0.05, 0.1) is 5.75 Å². The number of guanidine groups is 1. The molecule has 2 rings (SSSR count). The standard InChI is InChI=1S/C21H29ClN4O2S/c1-16(2)25-29(27,28)15-19-7-5-17(6-8-19)13-24-21(23-3)26(4)14-18-9-11-20(22)12-10-18/h5-12,16,25H,13-15H2,1-4H3,(H,23,24). The quantitative estimate of drug-likeness (QED) is 0.491. The Hall–Kier alpha value is -2.09. The summed E-state index contributed by atoms with van der Waals surface area (Å²) in [6.07, 6.45) is 0. The van der Waals surface area contributed by atoms with Crippen LogP contribution in [0.5, 0.6) is 0 Å². The zero-order chi connectivity index (χ0) is 21.4. The van der Waals surface area contributed by atoms with E-state index in [-0.39, 0.29) is 11.8 Å². The Morgan fingerprint density at radius 2 is 1.59 bits per heavy atom. The fourth-order valence-corrected chi connectivity index (χ4v) is 4.44. The molecule has 0 saturated heterocycles. The maximum atomic E-state index is 12.0. The van der Waals surface area contributed by atoms with Crippen molar-refractivity contribution < 1.29 is 8.42 Å². The second-order valence-corrected chi connectivity index (χ2v) is 9.42. The van der Waals surface area contributed by atoms with Gasteiger partial charge in [0.2, 0.25) is 10.0 Å². The van der Waals surface area contributed by atoms with Crippen molar-refractivity contribution in [3.63, 3.8) is 0 Å². The average molecular weight is 437 g/mol. The molecule has 158 valence electrons. The third-order valence-corrected chi connectivity index (χ3v) is 5.95. The third kappa shape index (κ3) is 8.04. The zero-order valence-corrected chi connectivity index (χ0v) is 18.9. The number of aliphatic imine (C=N–C) groups is 1. The second-order valence-electron chi connectivity index (χ2n) is 7.23. The first-order valence-electron chi connectivity index (χ1n) is 9.42. The van der Waals surface area contributed by atoms with E-state index in [0.717, 1.165) is 27.7 Å². The van der Waals surface area contributed by atoms with Crippen molar-refractivity contribution in [1.29, 1.82) is 0 Å². The number of benzene rings is 2. The van der Waals surface area contributed by atoms with Gasteiger partial charge in [0.15, 0.2) is 5.96 Å². The number of sulfonamides is 1. The molecule has 29 heavy (non-hydrogen) atoms. The highest BCUT2D eigenvalue weighted by atomic mass is 35.5. The van der Waals surface area contributed by atoms with Crippen molar-refractivity contribution in [2.45, 2.75) is 38.7 Å². The molecule has 0 amide bonds. The van der Waals surface area contributed by atoms with Crippen LogP contribution in [0.15, 0.2) is 53.5 Å². The van der Waals surface area contributed by atoms with Gasteiger partial charge in [0.1, 0.15) is 0 Å². The van der Waals surface area contributed by atoms with Crippen molar-refractivity contribution in [1.82, 2.24) is 14.9 Å². The van der Waals surface area contributed by atoms with Gasteiger partial charge in [-0.15, -0.1) is 0 Å². The molecule has 0 fully saturated rings. The van der Waals surface area contributed by atoms with E-state index in [4.69, 9.17) is 11.6 Å². The van der Waals surface area contributed by atoms with Gasteiger partial charge in [-0.1, -0.05) is 48.0 Å². The van der Waals surface area contributed by atoms with Crippen molar-refractivity contribution in [3.8, 4) is 0 Å². The topological polar surface area (TPSA) is 73.8 Å². The molecule has 6 nitrogen and oxygen atoms in total. The maximum absolute atomic E-state index is 12.0. The van der Waals surface area contributed by atoms with Gasteiger partial charge in [0.25, 0.3) is 0 Å². The lowest BCUT2D eigenvalue weighted by molar-refractivity contribution is 0.476.